The van der Waals surface area contributed by atoms with Gasteiger partial charge in [0.25, 0.3) is 0 Å². The zero-order valence-corrected chi connectivity index (χ0v) is 9.28. The number of nitrogens with one attached hydrogen (secondary N) is 1. The minimum Gasteiger partial charge on any atom is -0.397 e. The van der Waals surface area contributed by atoms with Crippen molar-refractivity contribution in [2.75, 3.05) is 11.1 Å². The molecule has 0 aromatic carbocycles. The molecule has 15 heavy (non-hydrogen) atoms. The Balaban J connectivity index is 2.91. The molecule has 0 spiro atoms. The summed E-state index contributed by atoms with van der Waals surface area (Å²) in [4.78, 5) is 4.11. The summed E-state index contributed by atoms with van der Waals surface area (Å²) in [7, 11) is 0. The van der Waals surface area contributed by atoms with Gasteiger partial charge in [-0.1, -0.05) is 13.8 Å². The van der Waals surface area contributed by atoms with Crippen LogP contribution in [0.4, 0.5) is 11.5 Å². The van der Waals surface area contributed by atoms with E-state index in [1.165, 1.54) is 0 Å². The van der Waals surface area contributed by atoms with E-state index in [1.54, 1.807) is 12.3 Å². The maximum atomic E-state index is 8.91. The third-order valence-electron chi connectivity index (χ3n) is 2.39. The summed E-state index contributed by atoms with van der Waals surface area (Å²) >= 11 is 0. The number of anilines is 2. The Kier molecular flexibility index (Phi) is 3.51. The second-order valence-corrected chi connectivity index (χ2v) is 3.95. The molecule has 80 valence electrons. The molecule has 4 heteroatoms. The van der Waals surface area contributed by atoms with Gasteiger partial charge in [0.05, 0.1) is 17.4 Å². The van der Waals surface area contributed by atoms with Gasteiger partial charge in [-0.05, 0) is 18.9 Å². The van der Waals surface area contributed by atoms with Crippen LogP contribution in [-0.4, -0.2) is 11.0 Å². The summed E-state index contributed by atoms with van der Waals surface area (Å²) in [5, 5.41) is 12.1. The van der Waals surface area contributed by atoms with Gasteiger partial charge in [0.15, 0.2) is 0 Å². The summed E-state index contributed by atoms with van der Waals surface area (Å²) < 4.78 is 0. The lowest BCUT2D eigenvalue weighted by molar-refractivity contribution is 0.558. The average Bonchev–Trinajstić information content (AvgIpc) is 2.20. The predicted molar refractivity (Wildman–Crippen MR) is 61.3 cm³/mol. The molecule has 0 amide bonds. The molecule has 1 atom stereocenters. The molecule has 1 unspecified atom stereocenters. The lowest BCUT2D eigenvalue weighted by Crippen LogP contribution is -2.22. The van der Waals surface area contributed by atoms with Crippen LogP contribution >= 0.6 is 0 Å². The summed E-state index contributed by atoms with van der Waals surface area (Å²) in [5.74, 6) is 1.09. The standard InChI is InChI=1S/C11H16N4/c1-7(2)8(3)15-11-9(5-12)4-10(13)6-14-11/h4,6-8H,13H2,1-3H3,(H,14,15). The van der Waals surface area contributed by atoms with Crippen molar-refractivity contribution < 1.29 is 0 Å². The van der Waals surface area contributed by atoms with Crippen LogP contribution in [0.5, 0.6) is 0 Å². The molecular formula is C11H16N4. The minimum atomic E-state index is 0.272. The normalized spacial score (nSPS) is 12.2. The van der Waals surface area contributed by atoms with Gasteiger partial charge in [-0.15, -0.1) is 0 Å². The Morgan fingerprint density at radius 2 is 2.13 bits per heavy atom. The molecule has 0 aliphatic rings. The van der Waals surface area contributed by atoms with Crippen molar-refractivity contribution >= 4 is 11.5 Å². The highest BCUT2D eigenvalue weighted by Gasteiger charge is 2.10. The highest BCUT2D eigenvalue weighted by Crippen LogP contribution is 2.16. The lowest BCUT2D eigenvalue weighted by atomic mass is 10.1. The molecule has 1 aromatic heterocycles. The summed E-state index contributed by atoms with van der Waals surface area (Å²) in [6.45, 7) is 6.28. The fourth-order valence-electron chi connectivity index (χ4n) is 1.06. The van der Waals surface area contributed by atoms with Crippen molar-refractivity contribution in [1.29, 1.82) is 5.26 Å². The van der Waals surface area contributed by atoms with E-state index in [9.17, 15) is 0 Å². The first-order chi connectivity index (χ1) is 7.04. The number of hydrogen-bond donors (Lipinski definition) is 2. The Labute approximate surface area is 90.1 Å². The third-order valence-corrected chi connectivity index (χ3v) is 2.39. The summed E-state index contributed by atoms with van der Waals surface area (Å²) in [6.07, 6.45) is 1.55. The largest absolute Gasteiger partial charge is 0.397 e. The Morgan fingerprint density at radius 1 is 1.47 bits per heavy atom. The Morgan fingerprint density at radius 3 is 2.67 bits per heavy atom. The van der Waals surface area contributed by atoms with Crippen LogP contribution < -0.4 is 11.1 Å². The first kappa shape index (κ1) is 11.3. The van der Waals surface area contributed by atoms with E-state index >= 15 is 0 Å². The maximum absolute atomic E-state index is 8.91. The molecule has 1 aromatic rings. The number of hydrogen-bond acceptors (Lipinski definition) is 4. The Hall–Kier alpha value is -1.76. The molecule has 1 rings (SSSR count). The number of nitrogen functional groups attached to an aromatic ring is 1. The molecule has 3 N–H and O–H groups in total. The number of pyridine rings is 1. The Bertz CT molecular complexity index is 379. The molecule has 0 radical (unpaired) electrons. The molecule has 0 saturated heterocycles. The van der Waals surface area contributed by atoms with Crippen LogP contribution in [-0.2, 0) is 0 Å². The van der Waals surface area contributed by atoms with Crippen molar-refractivity contribution in [3.8, 4) is 6.07 Å². The molecule has 0 aliphatic heterocycles. The molecule has 0 bridgehead atoms. The van der Waals surface area contributed by atoms with Crippen molar-refractivity contribution in [3.05, 3.63) is 17.8 Å². The second kappa shape index (κ2) is 4.65. The molecule has 0 aliphatic carbocycles. The summed E-state index contributed by atoms with van der Waals surface area (Å²) in [6, 6.07) is 3.97. The van der Waals surface area contributed by atoms with E-state index < -0.39 is 0 Å². The van der Waals surface area contributed by atoms with Crippen molar-refractivity contribution in [2.24, 2.45) is 5.92 Å². The third kappa shape index (κ3) is 2.84. The van der Waals surface area contributed by atoms with Gasteiger partial charge in [-0.25, -0.2) is 4.98 Å². The SMILES string of the molecule is CC(C)C(C)Nc1ncc(N)cc1C#N. The maximum Gasteiger partial charge on any atom is 0.144 e. The molecular weight excluding hydrogens is 188 g/mol. The van der Waals surface area contributed by atoms with Crippen LogP contribution in [0.3, 0.4) is 0 Å². The quantitative estimate of drug-likeness (QED) is 0.789. The molecule has 1 heterocycles. The zero-order chi connectivity index (χ0) is 11.4. The number of nitrogens with two attached hydrogens (primary N) is 1. The van der Waals surface area contributed by atoms with Crippen molar-refractivity contribution in [1.82, 2.24) is 4.98 Å². The lowest BCUT2D eigenvalue weighted by Gasteiger charge is -2.18. The van der Waals surface area contributed by atoms with E-state index in [4.69, 9.17) is 11.0 Å². The average molecular weight is 204 g/mol. The monoisotopic (exact) mass is 204 g/mol. The van der Waals surface area contributed by atoms with Crippen LogP contribution in [0.15, 0.2) is 12.3 Å². The fraction of sp³-hybridized carbons (Fsp3) is 0.455. The van der Waals surface area contributed by atoms with Gasteiger partial charge in [-0.3, -0.25) is 0 Å². The number of nitriles is 1. The van der Waals surface area contributed by atoms with Crippen molar-refractivity contribution in [2.45, 2.75) is 26.8 Å². The van der Waals surface area contributed by atoms with Gasteiger partial charge in [0.2, 0.25) is 0 Å². The van der Waals surface area contributed by atoms with Gasteiger partial charge >= 0.3 is 0 Å². The fourth-order valence-corrected chi connectivity index (χ4v) is 1.06. The van der Waals surface area contributed by atoms with E-state index in [0.29, 0.717) is 23.0 Å². The van der Waals surface area contributed by atoms with Crippen LogP contribution in [0.2, 0.25) is 0 Å². The van der Waals surface area contributed by atoms with Crippen LogP contribution in [0.25, 0.3) is 0 Å². The second-order valence-electron chi connectivity index (χ2n) is 3.95. The van der Waals surface area contributed by atoms with Gasteiger partial charge < -0.3 is 11.1 Å². The van der Waals surface area contributed by atoms with Gasteiger partial charge in [-0.2, -0.15) is 5.26 Å². The van der Waals surface area contributed by atoms with E-state index in [0.717, 1.165) is 0 Å². The van der Waals surface area contributed by atoms with E-state index in [-0.39, 0.29) is 6.04 Å². The predicted octanol–water partition coefficient (Wildman–Crippen LogP) is 1.99. The van der Waals surface area contributed by atoms with Crippen molar-refractivity contribution in [3.63, 3.8) is 0 Å². The van der Waals surface area contributed by atoms with Gasteiger partial charge in [0, 0.05) is 6.04 Å². The topological polar surface area (TPSA) is 74.7 Å². The van der Waals surface area contributed by atoms with Gasteiger partial charge in [0.1, 0.15) is 11.9 Å². The molecule has 0 saturated carbocycles. The number of nitrogens with zero attached hydrogens (tertiary/aromatic N) is 2. The molecule has 0 fully saturated rings. The van der Waals surface area contributed by atoms with E-state index in [2.05, 4.69) is 37.1 Å². The number of aromatic nitrogens is 1. The van der Waals surface area contributed by atoms with Crippen LogP contribution in [0.1, 0.15) is 26.3 Å². The van der Waals surface area contributed by atoms with Crippen LogP contribution in [0, 0.1) is 17.2 Å². The minimum absolute atomic E-state index is 0.272. The number of rotatable bonds is 3. The van der Waals surface area contributed by atoms with E-state index in [1.807, 2.05) is 0 Å². The highest BCUT2D eigenvalue weighted by molar-refractivity contribution is 5.57. The zero-order valence-electron chi connectivity index (χ0n) is 9.28. The molecule has 4 nitrogen and oxygen atoms in total. The summed E-state index contributed by atoms with van der Waals surface area (Å²) in [5.41, 5.74) is 6.55. The first-order valence-electron chi connectivity index (χ1n) is 4.96. The highest BCUT2D eigenvalue weighted by atomic mass is 15.0. The smallest absolute Gasteiger partial charge is 0.144 e. The first-order valence-corrected chi connectivity index (χ1v) is 4.96.